The highest BCUT2D eigenvalue weighted by Crippen LogP contribution is 2.24. The van der Waals surface area contributed by atoms with E-state index in [0.717, 1.165) is 6.42 Å². The summed E-state index contributed by atoms with van der Waals surface area (Å²) in [4.78, 5) is 34.6. The number of carbonyl (C=O) groups excluding carboxylic acids is 2. The molecule has 4 N–H and O–H groups in total. The maximum Gasteiger partial charge on any atom is 0.490 e. The van der Waals surface area contributed by atoms with Crippen molar-refractivity contribution in [3.8, 4) is 0 Å². The van der Waals surface area contributed by atoms with Gasteiger partial charge in [0, 0.05) is 25.2 Å². The Bertz CT molecular complexity index is 823. The second-order valence-electron chi connectivity index (χ2n) is 8.79. The molecule has 0 fully saturated rings. The van der Waals surface area contributed by atoms with Gasteiger partial charge in [-0.1, -0.05) is 51.1 Å². The van der Waals surface area contributed by atoms with Gasteiger partial charge in [0.05, 0.1) is 6.04 Å². The predicted molar refractivity (Wildman–Crippen MR) is 113 cm³/mol. The molecule has 0 aromatic heterocycles. The minimum absolute atomic E-state index is 0.0105. The van der Waals surface area contributed by atoms with Gasteiger partial charge >= 0.3 is 12.1 Å². The van der Waals surface area contributed by atoms with Crippen LogP contribution in [-0.4, -0.2) is 46.1 Å². The number of nitrogens with zero attached hydrogens (tertiary/aromatic N) is 1. The molecule has 0 spiro atoms. The minimum atomic E-state index is -5.08. The molecule has 0 radical (unpaired) electrons. The Labute approximate surface area is 185 Å². The molecule has 0 aliphatic carbocycles. The average molecular weight is 457 g/mol. The number of carboxylic acids is 1. The van der Waals surface area contributed by atoms with E-state index >= 15 is 0 Å². The molecule has 0 saturated heterocycles. The highest BCUT2D eigenvalue weighted by molar-refractivity contribution is 5.88. The second-order valence-corrected chi connectivity index (χ2v) is 8.79. The van der Waals surface area contributed by atoms with Gasteiger partial charge in [-0.15, -0.1) is 0 Å². The SMILES string of the molecule is C[C@H](N[C@H](/C=C/C(=O)N1Cc2ccccc2C1)CC(C)(C)C)C(N)=O.O=C(O)C(F)(F)F. The van der Waals surface area contributed by atoms with Gasteiger partial charge in [-0.3, -0.25) is 14.9 Å². The Hall–Kier alpha value is -2.88. The number of amides is 2. The van der Waals surface area contributed by atoms with Gasteiger partial charge in [0.25, 0.3) is 0 Å². The van der Waals surface area contributed by atoms with Crippen molar-refractivity contribution in [1.82, 2.24) is 10.2 Å². The third-order valence-corrected chi connectivity index (χ3v) is 4.59. The fourth-order valence-corrected chi connectivity index (χ4v) is 3.04. The van der Waals surface area contributed by atoms with Crippen molar-refractivity contribution < 1.29 is 32.7 Å². The fraction of sp³-hybridized carbons (Fsp3) is 0.500. The monoisotopic (exact) mass is 457 g/mol. The quantitative estimate of drug-likeness (QED) is 0.569. The van der Waals surface area contributed by atoms with E-state index in [1.165, 1.54) is 11.1 Å². The van der Waals surface area contributed by atoms with E-state index in [1.54, 1.807) is 13.0 Å². The zero-order valence-electron chi connectivity index (χ0n) is 18.6. The Kier molecular flexibility index (Phi) is 9.44. The van der Waals surface area contributed by atoms with Gasteiger partial charge in [0.15, 0.2) is 0 Å². The lowest BCUT2D eigenvalue weighted by Gasteiger charge is -2.26. The van der Waals surface area contributed by atoms with Crippen LogP contribution in [0.5, 0.6) is 0 Å². The third kappa shape index (κ3) is 9.51. The molecule has 1 heterocycles. The van der Waals surface area contributed by atoms with E-state index in [2.05, 4.69) is 38.2 Å². The van der Waals surface area contributed by atoms with Crippen molar-refractivity contribution in [1.29, 1.82) is 0 Å². The summed E-state index contributed by atoms with van der Waals surface area (Å²) in [6.07, 6.45) is -0.812. The first-order valence-corrected chi connectivity index (χ1v) is 9.99. The molecule has 1 aromatic carbocycles. The summed E-state index contributed by atoms with van der Waals surface area (Å²) in [5, 5.41) is 10.3. The van der Waals surface area contributed by atoms with Crippen LogP contribution in [0.1, 0.15) is 45.2 Å². The highest BCUT2D eigenvalue weighted by Gasteiger charge is 2.38. The van der Waals surface area contributed by atoms with E-state index < -0.39 is 24.1 Å². The number of hydrogen-bond donors (Lipinski definition) is 3. The molecule has 2 rings (SSSR count). The number of fused-ring (bicyclic) bond motifs is 1. The van der Waals surface area contributed by atoms with Crippen LogP contribution in [0.15, 0.2) is 36.4 Å². The standard InChI is InChI=1S/C20H29N3O2.C2HF3O2/c1-14(19(21)25)22-17(11-20(2,3)4)9-10-18(24)23-12-15-7-5-6-8-16(15)13-23;3-2(4,5)1(6)7/h5-10,14,17,22H,11-13H2,1-4H3,(H2,21,25);(H,6,7)/b10-9+;/t14-,17+;/m0./s1. The molecule has 10 heteroatoms. The van der Waals surface area contributed by atoms with Gasteiger partial charge in [-0.25, -0.2) is 4.79 Å². The lowest BCUT2D eigenvalue weighted by Crippen LogP contribution is -2.45. The van der Waals surface area contributed by atoms with Crippen molar-refractivity contribution in [3.63, 3.8) is 0 Å². The summed E-state index contributed by atoms with van der Waals surface area (Å²) in [6, 6.07) is 7.59. The van der Waals surface area contributed by atoms with E-state index in [0.29, 0.717) is 13.1 Å². The summed E-state index contributed by atoms with van der Waals surface area (Å²) >= 11 is 0. The van der Waals surface area contributed by atoms with Gasteiger partial charge in [0.1, 0.15) is 0 Å². The number of hydrogen-bond acceptors (Lipinski definition) is 4. The zero-order valence-corrected chi connectivity index (χ0v) is 18.6. The summed E-state index contributed by atoms with van der Waals surface area (Å²) in [6.45, 7) is 9.42. The average Bonchev–Trinajstić information content (AvgIpc) is 3.08. The highest BCUT2D eigenvalue weighted by atomic mass is 19.4. The van der Waals surface area contributed by atoms with Crippen LogP contribution in [0.3, 0.4) is 0 Å². The largest absolute Gasteiger partial charge is 0.490 e. The number of carbonyl (C=O) groups is 3. The first kappa shape index (κ1) is 27.2. The normalized spacial score (nSPS) is 15.5. The van der Waals surface area contributed by atoms with Crippen LogP contribution in [-0.2, 0) is 27.5 Å². The Morgan fingerprint density at radius 2 is 1.62 bits per heavy atom. The number of nitrogens with one attached hydrogen (secondary N) is 1. The lowest BCUT2D eigenvalue weighted by molar-refractivity contribution is -0.192. The number of aliphatic carboxylic acids is 1. The minimum Gasteiger partial charge on any atom is -0.475 e. The molecule has 0 bridgehead atoms. The molecule has 1 aromatic rings. The number of benzene rings is 1. The molecule has 1 aliphatic rings. The summed E-state index contributed by atoms with van der Waals surface area (Å²) < 4.78 is 31.7. The number of nitrogens with two attached hydrogens (primary N) is 1. The number of carboxylic acid groups (broad SMARTS) is 1. The predicted octanol–water partition coefficient (Wildman–Crippen LogP) is 2.99. The van der Waals surface area contributed by atoms with Crippen LogP contribution in [0, 0.1) is 5.41 Å². The molecule has 1 aliphatic heterocycles. The first-order valence-electron chi connectivity index (χ1n) is 9.99. The van der Waals surface area contributed by atoms with E-state index in [1.807, 2.05) is 23.1 Å². The van der Waals surface area contributed by atoms with Crippen LogP contribution in [0.25, 0.3) is 0 Å². The molecule has 178 valence electrons. The number of halogens is 3. The molecule has 32 heavy (non-hydrogen) atoms. The molecule has 0 saturated carbocycles. The van der Waals surface area contributed by atoms with Gasteiger partial charge in [-0.05, 0) is 29.9 Å². The lowest BCUT2D eigenvalue weighted by atomic mass is 9.87. The Morgan fingerprint density at radius 1 is 1.16 bits per heavy atom. The molecule has 7 nitrogen and oxygen atoms in total. The van der Waals surface area contributed by atoms with Crippen molar-refractivity contribution in [2.75, 3.05) is 0 Å². The van der Waals surface area contributed by atoms with Crippen molar-refractivity contribution in [3.05, 3.63) is 47.5 Å². The zero-order chi connectivity index (χ0) is 24.7. The maximum atomic E-state index is 12.5. The van der Waals surface area contributed by atoms with Crippen molar-refractivity contribution >= 4 is 17.8 Å². The Balaban J connectivity index is 0.000000633. The van der Waals surface area contributed by atoms with Gasteiger partial charge in [-0.2, -0.15) is 13.2 Å². The van der Waals surface area contributed by atoms with Crippen LogP contribution >= 0.6 is 0 Å². The van der Waals surface area contributed by atoms with Crippen LogP contribution < -0.4 is 11.1 Å². The third-order valence-electron chi connectivity index (χ3n) is 4.59. The topological polar surface area (TPSA) is 113 Å². The number of alkyl halides is 3. The van der Waals surface area contributed by atoms with E-state index in [9.17, 15) is 22.8 Å². The van der Waals surface area contributed by atoms with Crippen molar-refractivity contribution in [2.45, 2.75) is 65.5 Å². The Morgan fingerprint density at radius 3 is 2.00 bits per heavy atom. The molecular formula is C22H30F3N3O4. The number of rotatable bonds is 6. The van der Waals surface area contributed by atoms with E-state index in [-0.39, 0.29) is 17.4 Å². The summed E-state index contributed by atoms with van der Waals surface area (Å²) in [5.74, 6) is -3.16. The smallest absolute Gasteiger partial charge is 0.475 e. The summed E-state index contributed by atoms with van der Waals surface area (Å²) in [5.41, 5.74) is 7.82. The van der Waals surface area contributed by atoms with Crippen LogP contribution in [0.4, 0.5) is 13.2 Å². The first-order chi connectivity index (χ1) is 14.6. The molecular weight excluding hydrogens is 427 g/mol. The van der Waals surface area contributed by atoms with Gasteiger partial charge in [0.2, 0.25) is 11.8 Å². The fourth-order valence-electron chi connectivity index (χ4n) is 3.04. The summed E-state index contributed by atoms with van der Waals surface area (Å²) in [7, 11) is 0. The molecule has 2 amide bonds. The molecule has 2 atom stereocenters. The maximum absolute atomic E-state index is 12.5. The number of primary amides is 1. The van der Waals surface area contributed by atoms with Gasteiger partial charge < -0.3 is 15.7 Å². The molecule has 0 unspecified atom stereocenters. The van der Waals surface area contributed by atoms with Crippen molar-refractivity contribution in [2.24, 2.45) is 11.1 Å². The van der Waals surface area contributed by atoms with E-state index in [4.69, 9.17) is 15.6 Å². The second kappa shape index (κ2) is 11.1. The van der Waals surface area contributed by atoms with Crippen LogP contribution in [0.2, 0.25) is 0 Å².